The summed E-state index contributed by atoms with van der Waals surface area (Å²) in [5, 5.41) is 6.89. The van der Waals surface area contributed by atoms with Crippen LogP contribution in [0.3, 0.4) is 0 Å². The Labute approximate surface area is 148 Å². The lowest BCUT2D eigenvalue weighted by Crippen LogP contribution is -2.29. The quantitative estimate of drug-likeness (QED) is 0.900. The Balaban J connectivity index is 1.67. The number of aliphatic imine (C=N–C) groups is 2. The Hall–Kier alpha value is -3.16. The highest BCUT2D eigenvalue weighted by Gasteiger charge is 2.33. The third kappa shape index (κ3) is 2.83. The van der Waals surface area contributed by atoms with Gasteiger partial charge >= 0.3 is 0 Å². The largest absolute Gasteiger partial charge is 0.306 e. The number of benzene rings is 1. The number of hydrogen-bond acceptors (Lipinski definition) is 4. The van der Waals surface area contributed by atoms with Crippen LogP contribution in [0, 0.1) is 18.7 Å². The first-order chi connectivity index (χ1) is 12.5. The van der Waals surface area contributed by atoms with Crippen molar-refractivity contribution in [2.45, 2.75) is 26.2 Å². The van der Waals surface area contributed by atoms with Crippen LogP contribution >= 0.6 is 0 Å². The van der Waals surface area contributed by atoms with Crippen molar-refractivity contribution in [1.29, 1.82) is 0 Å². The Morgan fingerprint density at radius 2 is 2.12 bits per heavy atom. The van der Waals surface area contributed by atoms with Crippen molar-refractivity contribution in [2.24, 2.45) is 15.9 Å². The van der Waals surface area contributed by atoms with E-state index in [1.807, 2.05) is 0 Å². The molecule has 26 heavy (non-hydrogen) atoms. The number of nitrogens with zero attached hydrogens (tertiary/aromatic N) is 4. The lowest BCUT2D eigenvalue weighted by molar-refractivity contribution is -0.119. The zero-order chi connectivity index (χ0) is 18.3. The van der Waals surface area contributed by atoms with Crippen LogP contribution in [-0.2, 0) is 4.79 Å². The Morgan fingerprint density at radius 1 is 1.31 bits per heavy atom. The van der Waals surface area contributed by atoms with E-state index in [4.69, 9.17) is 0 Å². The summed E-state index contributed by atoms with van der Waals surface area (Å²) in [5.74, 6) is -1.29. The van der Waals surface area contributed by atoms with Crippen molar-refractivity contribution < 1.29 is 14.0 Å². The molecule has 132 valence electrons. The van der Waals surface area contributed by atoms with Crippen molar-refractivity contribution in [1.82, 2.24) is 9.78 Å². The standard InChI is InChI=1S/C18H16FN5O2/c1-10-9-15(21-16(25)11-5-2-3-7-13(11)19)24(23-10)18-20-14-8-4-6-12(14)17(26)22-18/h2-3,5,7,9,12H,4,6,8H2,1H3,(H,21,25). The third-order valence-electron chi connectivity index (χ3n) is 4.46. The minimum atomic E-state index is -0.619. The molecule has 1 N–H and O–H groups in total. The lowest BCUT2D eigenvalue weighted by Gasteiger charge is -2.15. The van der Waals surface area contributed by atoms with Crippen LogP contribution in [-0.4, -0.2) is 33.3 Å². The molecule has 1 aliphatic carbocycles. The van der Waals surface area contributed by atoms with E-state index in [2.05, 4.69) is 20.4 Å². The molecule has 7 nitrogen and oxygen atoms in total. The fourth-order valence-electron chi connectivity index (χ4n) is 3.22. The van der Waals surface area contributed by atoms with Gasteiger partial charge in [0.25, 0.3) is 17.8 Å². The van der Waals surface area contributed by atoms with Gasteiger partial charge in [0.1, 0.15) is 11.6 Å². The maximum absolute atomic E-state index is 13.8. The van der Waals surface area contributed by atoms with E-state index in [-0.39, 0.29) is 29.2 Å². The molecule has 1 aromatic carbocycles. The van der Waals surface area contributed by atoms with Gasteiger partial charge < -0.3 is 5.32 Å². The predicted molar refractivity (Wildman–Crippen MR) is 93.9 cm³/mol. The van der Waals surface area contributed by atoms with E-state index in [1.54, 1.807) is 19.1 Å². The van der Waals surface area contributed by atoms with Gasteiger partial charge in [-0.15, -0.1) is 0 Å². The molecular weight excluding hydrogens is 337 g/mol. The Morgan fingerprint density at radius 3 is 2.92 bits per heavy atom. The molecule has 1 aromatic heterocycles. The van der Waals surface area contributed by atoms with Crippen LogP contribution in [0.1, 0.15) is 35.3 Å². The van der Waals surface area contributed by atoms with Crippen molar-refractivity contribution in [3.8, 4) is 0 Å². The highest BCUT2D eigenvalue weighted by molar-refractivity contribution is 6.17. The normalized spacial score (nSPS) is 19.0. The summed E-state index contributed by atoms with van der Waals surface area (Å²) in [6.45, 7) is 1.74. The SMILES string of the molecule is Cc1cc(NC(=O)c2ccccc2F)n(C2=NC(=O)C3CCCC3=N2)n1. The summed E-state index contributed by atoms with van der Waals surface area (Å²) in [6, 6.07) is 7.32. The summed E-state index contributed by atoms with van der Waals surface area (Å²) in [6.07, 6.45) is 2.43. The highest BCUT2D eigenvalue weighted by Crippen LogP contribution is 2.27. The number of rotatable bonds is 2. The Kier molecular flexibility index (Phi) is 3.95. The molecule has 0 radical (unpaired) electrons. The fraction of sp³-hybridized carbons (Fsp3) is 0.278. The fourth-order valence-corrected chi connectivity index (χ4v) is 3.22. The number of aryl methyl sites for hydroxylation is 1. The first kappa shape index (κ1) is 16.3. The first-order valence-corrected chi connectivity index (χ1v) is 8.36. The van der Waals surface area contributed by atoms with Gasteiger partial charge in [-0.25, -0.2) is 9.38 Å². The summed E-state index contributed by atoms with van der Waals surface area (Å²) < 4.78 is 15.1. The van der Waals surface area contributed by atoms with Crippen LogP contribution < -0.4 is 5.32 Å². The van der Waals surface area contributed by atoms with E-state index in [0.29, 0.717) is 5.69 Å². The molecule has 2 amide bonds. The molecule has 1 unspecified atom stereocenters. The van der Waals surface area contributed by atoms with Gasteiger partial charge in [0.15, 0.2) is 0 Å². The molecule has 1 fully saturated rings. The van der Waals surface area contributed by atoms with Gasteiger partial charge in [-0.1, -0.05) is 12.1 Å². The zero-order valence-corrected chi connectivity index (χ0v) is 14.1. The Bertz CT molecular complexity index is 976. The molecule has 0 spiro atoms. The maximum Gasteiger partial charge on any atom is 0.259 e. The van der Waals surface area contributed by atoms with Gasteiger partial charge in [-0.05, 0) is 38.3 Å². The number of anilines is 1. The van der Waals surface area contributed by atoms with Gasteiger partial charge in [-0.2, -0.15) is 14.8 Å². The van der Waals surface area contributed by atoms with E-state index >= 15 is 0 Å². The molecular formula is C18H16FN5O2. The molecule has 2 heterocycles. The number of hydrogen-bond donors (Lipinski definition) is 1. The minimum absolute atomic E-state index is 0.0817. The van der Waals surface area contributed by atoms with Crippen LogP contribution in [0.4, 0.5) is 10.2 Å². The summed E-state index contributed by atoms with van der Waals surface area (Å²) in [4.78, 5) is 33.1. The van der Waals surface area contributed by atoms with Crippen LogP contribution in [0.5, 0.6) is 0 Å². The van der Waals surface area contributed by atoms with Gasteiger partial charge in [-0.3, -0.25) is 9.59 Å². The second kappa shape index (κ2) is 6.29. The molecule has 0 bridgehead atoms. The second-order valence-corrected chi connectivity index (χ2v) is 6.31. The monoisotopic (exact) mass is 353 g/mol. The molecule has 4 rings (SSSR count). The number of fused-ring (bicyclic) bond motifs is 1. The molecule has 0 saturated heterocycles. The van der Waals surface area contributed by atoms with E-state index in [0.717, 1.165) is 25.0 Å². The maximum atomic E-state index is 13.8. The minimum Gasteiger partial charge on any atom is -0.306 e. The van der Waals surface area contributed by atoms with E-state index < -0.39 is 11.7 Å². The molecule has 2 aliphatic rings. The number of carbonyl (C=O) groups is 2. The van der Waals surface area contributed by atoms with Gasteiger partial charge in [0, 0.05) is 11.8 Å². The van der Waals surface area contributed by atoms with E-state index in [9.17, 15) is 14.0 Å². The topological polar surface area (TPSA) is 88.7 Å². The average Bonchev–Trinajstić information content (AvgIpc) is 3.22. The number of nitrogens with one attached hydrogen (secondary N) is 1. The first-order valence-electron chi connectivity index (χ1n) is 8.36. The average molecular weight is 353 g/mol. The number of amides is 2. The van der Waals surface area contributed by atoms with Crippen LogP contribution in [0.2, 0.25) is 0 Å². The molecule has 1 aliphatic heterocycles. The molecule has 8 heteroatoms. The van der Waals surface area contributed by atoms with Crippen molar-refractivity contribution in [2.75, 3.05) is 5.32 Å². The second-order valence-electron chi connectivity index (χ2n) is 6.31. The molecule has 1 atom stereocenters. The van der Waals surface area contributed by atoms with Crippen molar-refractivity contribution in [3.63, 3.8) is 0 Å². The molecule has 2 aromatic rings. The third-order valence-corrected chi connectivity index (χ3v) is 4.46. The summed E-state index contributed by atoms with van der Waals surface area (Å²) in [5.41, 5.74) is 1.33. The number of halogens is 1. The van der Waals surface area contributed by atoms with Crippen molar-refractivity contribution >= 4 is 29.3 Å². The smallest absolute Gasteiger partial charge is 0.259 e. The number of aromatic nitrogens is 2. The van der Waals surface area contributed by atoms with Crippen molar-refractivity contribution in [3.05, 3.63) is 47.4 Å². The van der Waals surface area contributed by atoms with Crippen LogP contribution in [0.15, 0.2) is 40.3 Å². The van der Waals surface area contributed by atoms with Crippen LogP contribution in [0.25, 0.3) is 0 Å². The summed E-state index contributed by atoms with van der Waals surface area (Å²) >= 11 is 0. The van der Waals surface area contributed by atoms with Gasteiger partial charge in [0.05, 0.1) is 17.2 Å². The molecule has 1 saturated carbocycles. The van der Waals surface area contributed by atoms with Gasteiger partial charge in [0.2, 0.25) is 0 Å². The zero-order valence-electron chi connectivity index (χ0n) is 14.1. The highest BCUT2D eigenvalue weighted by atomic mass is 19.1. The number of carbonyl (C=O) groups excluding carboxylic acids is 2. The summed E-state index contributed by atoms with van der Waals surface area (Å²) in [7, 11) is 0. The predicted octanol–water partition coefficient (Wildman–Crippen LogP) is 2.57. The van der Waals surface area contributed by atoms with E-state index in [1.165, 1.54) is 22.9 Å². The lowest BCUT2D eigenvalue weighted by atomic mass is 10.1.